The van der Waals surface area contributed by atoms with Crippen molar-refractivity contribution in [2.75, 3.05) is 11.1 Å². The molecule has 0 aliphatic carbocycles. The van der Waals surface area contributed by atoms with Gasteiger partial charge in [0.05, 0.1) is 17.1 Å². The first-order chi connectivity index (χ1) is 12.0. The minimum Gasteiger partial charge on any atom is -0.310 e. The van der Waals surface area contributed by atoms with Crippen LogP contribution in [-0.2, 0) is 4.79 Å². The molecule has 2 aromatic carbocycles. The summed E-state index contributed by atoms with van der Waals surface area (Å²) in [6.45, 7) is 3.87. The van der Waals surface area contributed by atoms with Crippen LogP contribution in [-0.4, -0.2) is 21.4 Å². The number of benzene rings is 2. The third kappa shape index (κ3) is 4.28. The van der Waals surface area contributed by atoms with Gasteiger partial charge in [0.15, 0.2) is 0 Å². The monoisotopic (exact) mass is 355 g/mol. The Hall–Kier alpha value is -2.60. The summed E-state index contributed by atoms with van der Waals surface area (Å²) in [6.07, 6.45) is 0. The van der Waals surface area contributed by atoms with E-state index in [1.165, 1.54) is 23.9 Å². The summed E-state index contributed by atoms with van der Waals surface area (Å²) < 4.78 is 14.7. The third-order valence-corrected chi connectivity index (χ3v) is 4.80. The zero-order chi connectivity index (χ0) is 17.8. The lowest BCUT2D eigenvalue weighted by Crippen LogP contribution is -2.17. The summed E-state index contributed by atoms with van der Waals surface area (Å²) in [4.78, 5) is 13.4. The number of aromatic nitrogens is 2. The van der Waals surface area contributed by atoms with Gasteiger partial charge in [0.1, 0.15) is 11.6 Å². The van der Waals surface area contributed by atoms with Crippen molar-refractivity contribution in [1.29, 1.82) is 0 Å². The van der Waals surface area contributed by atoms with Crippen LogP contribution in [0.1, 0.15) is 11.3 Å². The van der Waals surface area contributed by atoms with E-state index in [2.05, 4.69) is 10.4 Å². The number of nitrogens with one attached hydrogen (secondary N) is 1. The van der Waals surface area contributed by atoms with E-state index >= 15 is 0 Å². The van der Waals surface area contributed by atoms with Gasteiger partial charge in [-0.15, -0.1) is 11.8 Å². The van der Waals surface area contributed by atoms with Gasteiger partial charge >= 0.3 is 0 Å². The molecular formula is C19H18FN3OS. The van der Waals surface area contributed by atoms with Crippen LogP contribution in [0.2, 0.25) is 0 Å². The lowest BCUT2D eigenvalue weighted by atomic mass is 10.2. The summed E-state index contributed by atoms with van der Waals surface area (Å²) in [7, 11) is 0. The summed E-state index contributed by atoms with van der Waals surface area (Å²) in [5.41, 5.74) is 2.61. The highest BCUT2D eigenvalue weighted by atomic mass is 32.2. The minimum absolute atomic E-state index is 0.114. The number of nitrogens with zero attached hydrogens (tertiary/aromatic N) is 2. The van der Waals surface area contributed by atoms with Crippen LogP contribution in [0.25, 0.3) is 5.69 Å². The fourth-order valence-corrected chi connectivity index (χ4v) is 3.24. The van der Waals surface area contributed by atoms with E-state index in [0.29, 0.717) is 17.3 Å². The second-order valence-electron chi connectivity index (χ2n) is 5.66. The molecule has 0 saturated carbocycles. The number of hydrogen-bond acceptors (Lipinski definition) is 3. The molecule has 1 amide bonds. The van der Waals surface area contributed by atoms with Gasteiger partial charge in [0.25, 0.3) is 0 Å². The molecular weight excluding hydrogens is 337 g/mol. The minimum atomic E-state index is -0.312. The molecule has 0 atom stereocenters. The van der Waals surface area contributed by atoms with E-state index < -0.39 is 0 Å². The van der Waals surface area contributed by atoms with Crippen molar-refractivity contribution < 1.29 is 9.18 Å². The van der Waals surface area contributed by atoms with E-state index in [-0.39, 0.29) is 11.7 Å². The van der Waals surface area contributed by atoms with Gasteiger partial charge in [0.2, 0.25) is 5.91 Å². The number of anilines is 1. The van der Waals surface area contributed by atoms with Crippen LogP contribution in [0.4, 0.5) is 10.2 Å². The number of carbonyl (C=O) groups excluding carboxylic acids is 1. The Balaban J connectivity index is 1.71. The largest absolute Gasteiger partial charge is 0.310 e. The summed E-state index contributed by atoms with van der Waals surface area (Å²) in [6, 6.07) is 15.7. The van der Waals surface area contributed by atoms with Crippen molar-refractivity contribution in [3.8, 4) is 5.69 Å². The average molecular weight is 355 g/mol. The fraction of sp³-hybridized carbons (Fsp3) is 0.158. The van der Waals surface area contributed by atoms with Gasteiger partial charge in [-0.05, 0) is 49.7 Å². The molecule has 128 valence electrons. The Kier molecular flexibility index (Phi) is 5.19. The summed E-state index contributed by atoms with van der Waals surface area (Å²) >= 11 is 1.49. The first-order valence-corrected chi connectivity index (χ1v) is 8.82. The Labute approximate surface area is 150 Å². The maximum Gasteiger partial charge on any atom is 0.235 e. The van der Waals surface area contributed by atoms with E-state index in [9.17, 15) is 9.18 Å². The topological polar surface area (TPSA) is 46.9 Å². The van der Waals surface area contributed by atoms with E-state index in [1.807, 2.05) is 38.1 Å². The van der Waals surface area contributed by atoms with Crippen LogP contribution in [0.5, 0.6) is 0 Å². The first kappa shape index (κ1) is 17.2. The smallest absolute Gasteiger partial charge is 0.235 e. The molecule has 3 rings (SSSR count). The van der Waals surface area contributed by atoms with Crippen molar-refractivity contribution in [2.45, 2.75) is 18.7 Å². The van der Waals surface area contributed by atoms with E-state index in [0.717, 1.165) is 16.2 Å². The molecule has 1 heterocycles. The molecule has 0 bridgehead atoms. The van der Waals surface area contributed by atoms with Crippen LogP contribution in [0.15, 0.2) is 59.5 Å². The molecule has 0 saturated heterocycles. The van der Waals surface area contributed by atoms with Gasteiger partial charge in [-0.2, -0.15) is 5.10 Å². The average Bonchev–Trinajstić information content (AvgIpc) is 2.95. The third-order valence-electron chi connectivity index (χ3n) is 3.62. The van der Waals surface area contributed by atoms with Gasteiger partial charge in [0, 0.05) is 11.0 Å². The van der Waals surface area contributed by atoms with Crippen LogP contribution < -0.4 is 5.32 Å². The Bertz CT molecular complexity index is 890. The van der Waals surface area contributed by atoms with Crippen molar-refractivity contribution in [1.82, 2.24) is 9.78 Å². The molecule has 0 aliphatic rings. The van der Waals surface area contributed by atoms with Gasteiger partial charge in [-0.25, -0.2) is 9.07 Å². The van der Waals surface area contributed by atoms with Gasteiger partial charge in [-0.1, -0.05) is 18.2 Å². The highest BCUT2D eigenvalue weighted by Crippen LogP contribution is 2.23. The number of carbonyl (C=O) groups is 1. The number of rotatable bonds is 5. The van der Waals surface area contributed by atoms with Crippen molar-refractivity contribution >= 4 is 23.5 Å². The molecule has 0 unspecified atom stereocenters. The molecule has 0 spiro atoms. The van der Waals surface area contributed by atoms with E-state index in [1.54, 1.807) is 22.9 Å². The van der Waals surface area contributed by atoms with Crippen molar-refractivity contribution in [3.05, 3.63) is 71.7 Å². The number of halogens is 1. The quantitative estimate of drug-likeness (QED) is 0.692. The number of amides is 1. The highest BCUT2D eigenvalue weighted by Gasteiger charge is 2.12. The lowest BCUT2D eigenvalue weighted by molar-refractivity contribution is -0.113. The molecule has 6 heteroatoms. The SMILES string of the molecule is Cc1cc(NC(=O)CSc2ccccc2C)n(-c2ccc(F)cc2)n1. The Morgan fingerprint density at radius 2 is 1.88 bits per heavy atom. The number of hydrogen-bond donors (Lipinski definition) is 1. The molecule has 1 N–H and O–H groups in total. The van der Waals surface area contributed by atoms with E-state index in [4.69, 9.17) is 0 Å². The second kappa shape index (κ2) is 7.53. The predicted molar refractivity (Wildman–Crippen MR) is 98.8 cm³/mol. The van der Waals surface area contributed by atoms with Crippen LogP contribution >= 0.6 is 11.8 Å². The standard InChI is InChI=1S/C19H18FN3OS/c1-13-5-3-4-6-17(13)25-12-19(24)21-18-11-14(2)22-23(18)16-9-7-15(20)8-10-16/h3-11H,12H2,1-2H3,(H,21,24). The fourth-order valence-electron chi connectivity index (χ4n) is 2.41. The predicted octanol–water partition coefficient (Wildman–Crippen LogP) is 4.36. The summed E-state index contributed by atoms with van der Waals surface area (Å²) in [5, 5.41) is 7.25. The Morgan fingerprint density at radius 1 is 1.16 bits per heavy atom. The number of aryl methyl sites for hydroxylation is 2. The molecule has 1 aromatic heterocycles. The van der Waals surface area contributed by atoms with Gasteiger partial charge < -0.3 is 5.32 Å². The van der Waals surface area contributed by atoms with Crippen LogP contribution in [0, 0.1) is 19.7 Å². The molecule has 3 aromatic rings. The molecule has 0 fully saturated rings. The number of thioether (sulfide) groups is 1. The van der Waals surface area contributed by atoms with Gasteiger partial charge in [-0.3, -0.25) is 4.79 Å². The molecule has 25 heavy (non-hydrogen) atoms. The highest BCUT2D eigenvalue weighted by molar-refractivity contribution is 8.00. The molecule has 0 aliphatic heterocycles. The maximum absolute atomic E-state index is 13.1. The lowest BCUT2D eigenvalue weighted by Gasteiger charge is -2.09. The van der Waals surface area contributed by atoms with Crippen molar-refractivity contribution in [3.63, 3.8) is 0 Å². The molecule has 0 radical (unpaired) electrons. The second-order valence-corrected chi connectivity index (χ2v) is 6.68. The maximum atomic E-state index is 13.1. The normalized spacial score (nSPS) is 10.7. The zero-order valence-electron chi connectivity index (χ0n) is 14.0. The Morgan fingerprint density at radius 3 is 2.60 bits per heavy atom. The first-order valence-electron chi connectivity index (χ1n) is 7.84. The molecule has 4 nitrogen and oxygen atoms in total. The van der Waals surface area contributed by atoms with Crippen LogP contribution in [0.3, 0.4) is 0 Å². The zero-order valence-corrected chi connectivity index (χ0v) is 14.8. The summed E-state index contributed by atoms with van der Waals surface area (Å²) in [5.74, 6) is 0.447. The van der Waals surface area contributed by atoms with Crippen molar-refractivity contribution in [2.24, 2.45) is 0 Å².